The Balaban J connectivity index is 1.75. The van der Waals surface area contributed by atoms with Crippen LogP contribution in [0.2, 0.25) is 0 Å². The maximum atomic E-state index is 13.3. The molecule has 1 aliphatic carbocycles. The first-order chi connectivity index (χ1) is 12.1. The monoisotopic (exact) mass is 338 g/mol. The van der Waals surface area contributed by atoms with Gasteiger partial charge in [-0.3, -0.25) is 14.6 Å². The van der Waals surface area contributed by atoms with Crippen LogP contribution in [0.5, 0.6) is 0 Å². The van der Waals surface area contributed by atoms with Gasteiger partial charge in [-0.1, -0.05) is 18.2 Å². The maximum absolute atomic E-state index is 13.3. The molecular weight excluding hydrogens is 316 g/mol. The van der Waals surface area contributed by atoms with E-state index < -0.39 is 11.9 Å². The van der Waals surface area contributed by atoms with Crippen LogP contribution in [0.1, 0.15) is 54.6 Å². The molecule has 2 aromatic rings. The first kappa shape index (κ1) is 16.1. The molecule has 2 atom stereocenters. The number of carboxylic acid groups (broad SMARTS) is 1. The van der Waals surface area contributed by atoms with E-state index in [2.05, 4.69) is 0 Å². The first-order valence-corrected chi connectivity index (χ1v) is 8.99. The lowest BCUT2D eigenvalue weighted by atomic mass is 9.89. The van der Waals surface area contributed by atoms with Crippen molar-refractivity contribution >= 4 is 22.8 Å². The minimum atomic E-state index is -0.816. The Hall–Kier alpha value is -2.43. The van der Waals surface area contributed by atoms with E-state index >= 15 is 0 Å². The average molecular weight is 338 g/mol. The van der Waals surface area contributed by atoms with Gasteiger partial charge < -0.3 is 10.0 Å². The Morgan fingerprint density at radius 3 is 2.68 bits per heavy atom. The number of carbonyl (C=O) groups excluding carboxylic acids is 1. The number of amides is 1. The normalized spacial score (nSPS) is 23.6. The first-order valence-electron chi connectivity index (χ1n) is 8.99. The average Bonchev–Trinajstić information content (AvgIpc) is 3.45. The number of aliphatic carboxylic acids is 1. The smallest absolute Gasteiger partial charge is 0.308 e. The zero-order valence-corrected chi connectivity index (χ0v) is 14.3. The zero-order valence-electron chi connectivity index (χ0n) is 14.3. The summed E-state index contributed by atoms with van der Waals surface area (Å²) < 4.78 is 0. The number of nitrogens with zero attached hydrogens (tertiary/aromatic N) is 2. The van der Waals surface area contributed by atoms with Gasteiger partial charge in [0.05, 0.1) is 17.0 Å². The highest BCUT2D eigenvalue weighted by Gasteiger charge is 2.36. The lowest BCUT2D eigenvalue weighted by Crippen LogP contribution is -2.49. The fourth-order valence-electron chi connectivity index (χ4n) is 3.88. The van der Waals surface area contributed by atoms with Gasteiger partial charge in [-0.2, -0.15) is 0 Å². The molecule has 2 heterocycles. The van der Waals surface area contributed by atoms with Crippen LogP contribution < -0.4 is 0 Å². The molecule has 1 N–H and O–H groups in total. The number of carbonyl (C=O) groups is 2. The number of carboxylic acids is 1. The number of rotatable bonds is 3. The second kappa shape index (κ2) is 6.14. The van der Waals surface area contributed by atoms with Crippen molar-refractivity contribution in [1.82, 2.24) is 9.88 Å². The van der Waals surface area contributed by atoms with Gasteiger partial charge in [0.2, 0.25) is 0 Å². The van der Waals surface area contributed by atoms with E-state index in [0.29, 0.717) is 24.4 Å². The van der Waals surface area contributed by atoms with Crippen LogP contribution in [0.4, 0.5) is 0 Å². The van der Waals surface area contributed by atoms with Crippen molar-refractivity contribution in [3.8, 4) is 0 Å². The summed E-state index contributed by atoms with van der Waals surface area (Å²) in [6, 6.07) is 9.35. The van der Waals surface area contributed by atoms with Crippen molar-refractivity contribution < 1.29 is 14.7 Å². The summed E-state index contributed by atoms with van der Waals surface area (Å²) >= 11 is 0. The minimum Gasteiger partial charge on any atom is -0.481 e. The molecule has 5 nitrogen and oxygen atoms in total. The number of para-hydroxylation sites is 1. The van der Waals surface area contributed by atoms with Crippen molar-refractivity contribution in [3.63, 3.8) is 0 Å². The number of hydrogen-bond acceptors (Lipinski definition) is 3. The number of hydrogen-bond donors (Lipinski definition) is 1. The highest BCUT2D eigenvalue weighted by Crippen LogP contribution is 2.40. The molecule has 1 aromatic heterocycles. The highest BCUT2D eigenvalue weighted by molar-refractivity contribution is 6.06. The predicted octanol–water partition coefficient (Wildman–Crippen LogP) is 3.44. The van der Waals surface area contributed by atoms with Crippen LogP contribution in [-0.2, 0) is 4.79 Å². The molecule has 0 radical (unpaired) electrons. The molecule has 5 heteroatoms. The topological polar surface area (TPSA) is 70.5 Å². The van der Waals surface area contributed by atoms with Crippen molar-refractivity contribution in [2.45, 2.75) is 44.6 Å². The number of likely N-dealkylation sites (tertiary alicyclic amines) is 1. The summed E-state index contributed by atoms with van der Waals surface area (Å²) in [6.07, 6.45) is 3.61. The molecule has 1 saturated carbocycles. The molecule has 1 amide bonds. The van der Waals surface area contributed by atoms with Crippen LogP contribution in [0.3, 0.4) is 0 Å². The van der Waals surface area contributed by atoms with Gasteiger partial charge in [0.15, 0.2) is 0 Å². The lowest BCUT2D eigenvalue weighted by Gasteiger charge is -2.37. The van der Waals surface area contributed by atoms with Gasteiger partial charge in [-0.15, -0.1) is 0 Å². The van der Waals surface area contributed by atoms with Crippen LogP contribution in [0.15, 0.2) is 30.3 Å². The number of piperidine rings is 1. The molecule has 1 saturated heterocycles. The molecule has 25 heavy (non-hydrogen) atoms. The minimum absolute atomic E-state index is 0.0704. The third-order valence-electron chi connectivity index (χ3n) is 5.53. The molecule has 1 aromatic carbocycles. The molecule has 0 unspecified atom stereocenters. The second-order valence-electron chi connectivity index (χ2n) is 7.21. The summed E-state index contributed by atoms with van der Waals surface area (Å²) in [5, 5.41) is 10.3. The maximum Gasteiger partial charge on any atom is 0.308 e. The van der Waals surface area contributed by atoms with Crippen LogP contribution in [-0.4, -0.2) is 39.5 Å². The number of pyridine rings is 1. The SMILES string of the molecule is C[C@@H]1[C@H](C(=O)O)CCCN1C(=O)c1cc(C2CC2)nc2ccccc12. The summed E-state index contributed by atoms with van der Waals surface area (Å²) in [7, 11) is 0. The van der Waals surface area contributed by atoms with Crippen LogP contribution >= 0.6 is 0 Å². The van der Waals surface area contributed by atoms with Gasteiger partial charge in [0.25, 0.3) is 5.91 Å². The number of aromatic nitrogens is 1. The van der Waals surface area contributed by atoms with Gasteiger partial charge >= 0.3 is 5.97 Å². The molecule has 2 aliphatic rings. The van der Waals surface area contributed by atoms with Gasteiger partial charge in [0, 0.05) is 29.6 Å². The van der Waals surface area contributed by atoms with E-state index in [-0.39, 0.29) is 11.9 Å². The van der Waals surface area contributed by atoms with Crippen LogP contribution in [0, 0.1) is 5.92 Å². The third kappa shape index (κ3) is 2.88. The Morgan fingerprint density at radius 2 is 1.96 bits per heavy atom. The summed E-state index contributed by atoms with van der Waals surface area (Å²) in [4.78, 5) is 31.2. The van der Waals surface area contributed by atoms with Gasteiger partial charge in [0.1, 0.15) is 0 Å². The number of benzene rings is 1. The molecule has 4 rings (SSSR count). The molecular formula is C20H22N2O3. The van der Waals surface area contributed by atoms with E-state index in [9.17, 15) is 14.7 Å². The molecule has 0 spiro atoms. The summed E-state index contributed by atoms with van der Waals surface area (Å²) in [6.45, 7) is 2.46. The molecule has 130 valence electrons. The summed E-state index contributed by atoms with van der Waals surface area (Å²) in [5.74, 6) is -0.919. The lowest BCUT2D eigenvalue weighted by molar-refractivity contribution is -0.144. The Labute approximate surface area is 146 Å². The predicted molar refractivity (Wildman–Crippen MR) is 94.6 cm³/mol. The summed E-state index contributed by atoms with van der Waals surface area (Å²) in [5.41, 5.74) is 2.49. The van der Waals surface area contributed by atoms with Crippen molar-refractivity contribution in [3.05, 3.63) is 41.6 Å². The van der Waals surface area contributed by atoms with Crippen molar-refractivity contribution in [1.29, 1.82) is 0 Å². The molecule has 1 aliphatic heterocycles. The quantitative estimate of drug-likeness (QED) is 0.931. The number of fused-ring (bicyclic) bond motifs is 1. The fraction of sp³-hybridized carbons (Fsp3) is 0.450. The van der Waals surface area contributed by atoms with E-state index in [1.54, 1.807) is 4.90 Å². The Morgan fingerprint density at radius 1 is 1.20 bits per heavy atom. The van der Waals surface area contributed by atoms with Crippen LogP contribution in [0.25, 0.3) is 10.9 Å². The molecule has 0 bridgehead atoms. The third-order valence-corrected chi connectivity index (χ3v) is 5.53. The second-order valence-corrected chi connectivity index (χ2v) is 7.21. The zero-order chi connectivity index (χ0) is 17.6. The molecule has 2 fully saturated rings. The highest BCUT2D eigenvalue weighted by atomic mass is 16.4. The van der Waals surface area contributed by atoms with E-state index in [4.69, 9.17) is 4.98 Å². The van der Waals surface area contributed by atoms with Crippen molar-refractivity contribution in [2.75, 3.05) is 6.54 Å². The Kier molecular flexibility index (Phi) is 3.94. The van der Waals surface area contributed by atoms with Gasteiger partial charge in [-0.05, 0) is 44.7 Å². The van der Waals surface area contributed by atoms with E-state index in [0.717, 1.165) is 35.9 Å². The van der Waals surface area contributed by atoms with E-state index in [1.165, 1.54) is 0 Å². The standard InChI is InChI=1S/C20H22N2O3/c1-12-14(20(24)25)6-4-10-22(12)19(23)16-11-18(13-8-9-13)21-17-7-3-2-5-15(16)17/h2-3,5,7,11-14H,4,6,8-10H2,1H3,(H,24,25)/t12-,14-/m1/s1. The van der Waals surface area contributed by atoms with Gasteiger partial charge in [-0.25, -0.2) is 0 Å². The van der Waals surface area contributed by atoms with Crippen molar-refractivity contribution in [2.24, 2.45) is 5.92 Å². The largest absolute Gasteiger partial charge is 0.481 e. The fourth-order valence-corrected chi connectivity index (χ4v) is 3.88. The Bertz CT molecular complexity index is 844. The van der Waals surface area contributed by atoms with E-state index in [1.807, 2.05) is 37.3 Å².